The molecule has 1 atom stereocenters. The lowest BCUT2D eigenvalue weighted by Gasteiger charge is -2.15. The topological polar surface area (TPSA) is 62.5 Å². The van der Waals surface area contributed by atoms with Gasteiger partial charge in [-0.3, -0.25) is 4.99 Å². The molecular formula is C20H23FN4OS. The number of nitrogens with one attached hydrogen (secondary N) is 2. The minimum absolute atomic E-state index is 0.276. The van der Waals surface area contributed by atoms with Crippen molar-refractivity contribution < 1.29 is 8.81 Å². The van der Waals surface area contributed by atoms with E-state index in [-0.39, 0.29) is 5.82 Å². The standard InChI is InChI=1S/C20H23FN4OS/c1-14(16-8-10-27-13-16)11-24-20(22-2)23-9-7-18-12-26-19(25-18)15-3-5-17(21)6-4-15/h3-6,8,10,12-14H,7,9,11H2,1-2H3,(H2,22,23,24). The average molecular weight is 386 g/mol. The second kappa shape index (κ2) is 9.32. The quantitative estimate of drug-likeness (QED) is 0.475. The lowest BCUT2D eigenvalue weighted by Crippen LogP contribution is -2.39. The molecule has 0 aliphatic rings. The predicted molar refractivity (Wildman–Crippen MR) is 108 cm³/mol. The lowest BCUT2D eigenvalue weighted by molar-refractivity contribution is 0.571. The monoisotopic (exact) mass is 386 g/mol. The molecule has 0 amide bonds. The van der Waals surface area contributed by atoms with E-state index in [4.69, 9.17) is 4.42 Å². The Hall–Kier alpha value is -2.67. The molecule has 0 spiro atoms. The summed E-state index contributed by atoms with van der Waals surface area (Å²) in [5.41, 5.74) is 2.93. The maximum atomic E-state index is 13.0. The number of aliphatic imine (C=N–C) groups is 1. The van der Waals surface area contributed by atoms with E-state index in [1.165, 1.54) is 17.7 Å². The second-order valence-corrected chi connectivity index (χ2v) is 7.02. The van der Waals surface area contributed by atoms with Gasteiger partial charge in [0.05, 0.1) is 5.69 Å². The molecule has 3 aromatic rings. The zero-order chi connectivity index (χ0) is 19.1. The zero-order valence-electron chi connectivity index (χ0n) is 15.4. The van der Waals surface area contributed by atoms with Crippen LogP contribution in [0.15, 0.2) is 56.8 Å². The van der Waals surface area contributed by atoms with Crippen LogP contribution >= 0.6 is 11.3 Å². The molecule has 0 saturated heterocycles. The van der Waals surface area contributed by atoms with Gasteiger partial charge in [0.25, 0.3) is 0 Å². The van der Waals surface area contributed by atoms with Crippen molar-refractivity contribution in [2.24, 2.45) is 4.99 Å². The van der Waals surface area contributed by atoms with Gasteiger partial charge in [0, 0.05) is 32.1 Å². The molecule has 0 fully saturated rings. The summed E-state index contributed by atoms with van der Waals surface area (Å²) < 4.78 is 18.5. The first-order valence-corrected chi connectivity index (χ1v) is 9.77. The van der Waals surface area contributed by atoms with E-state index < -0.39 is 0 Å². The molecule has 0 radical (unpaired) electrons. The van der Waals surface area contributed by atoms with Crippen LogP contribution < -0.4 is 10.6 Å². The summed E-state index contributed by atoms with van der Waals surface area (Å²) in [6, 6.07) is 8.25. The van der Waals surface area contributed by atoms with Gasteiger partial charge in [0.2, 0.25) is 5.89 Å². The van der Waals surface area contributed by atoms with Crippen molar-refractivity contribution in [3.63, 3.8) is 0 Å². The van der Waals surface area contributed by atoms with Crippen molar-refractivity contribution in [2.75, 3.05) is 20.1 Å². The summed E-state index contributed by atoms with van der Waals surface area (Å²) in [4.78, 5) is 8.70. The summed E-state index contributed by atoms with van der Waals surface area (Å²) in [5.74, 6) is 1.40. The highest BCUT2D eigenvalue weighted by Crippen LogP contribution is 2.19. The molecule has 1 aromatic carbocycles. The lowest BCUT2D eigenvalue weighted by atomic mass is 10.1. The van der Waals surface area contributed by atoms with Gasteiger partial charge in [-0.2, -0.15) is 11.3 Å². The number of guanidine groups is 1. The number of hydrogen-bond acceptors (Lipinski definition) is 4. The number of benzene rings is 1. The maximum Gasteiger partial charge on any atom is 0.226 e. The Morgan fingerprint density at radius 2 is 2.07 bits per heavy atom. The number of nitrogens with zero attached hydrogens (tertiary/aromatic N) is 2. The number of hydrogen-bond donors (Lipinski definition) is 2. The minimum atomic E-state index is -0.276. The van der Waals surface area contributed by atoms with Crippen LogP contribution in [0.4, 0.5) is 4.39 Å². The van der Waals surface area contributed by atoms with Gasteiger partial charge in [0.15, 0.2) is 5.96 Å². The van der Waals surface area contributed by atoms with Crippen molar-refractivity contribution in [3.05, 3.63) is 64.4 Å². The Balaban J connectivity index is 1.45. The molecule has 0 aliphatic carbocycles. The first-order valence-electron chi connectivity index (χ1n) is 8.82. The predicted octanol–water partition coefficient (Wildman–Crippen LogP) is 4.05. The van der Waals surface area contributed by atoms with Gasteiger partial charge in [-0.15, -0.1) is 0 Å². The highest BCUT2D eigenvalue weighted by Gasteiger charge is 2.09. The third-order valence-electron chi connectivity index (χ3n) is 4.23. The number of halogens is 1. The van der Waals surface area contributed by atoms with Crippen molar-refractivity contribution >= 4 is 17.3 Å². The molecule has 1 unspecified atom stereocenters. The van der Waals surface area contributed by atoms with Crippen LogP contribution in [0.5, 0.6) is 0 Å². The first-order chi connectivity index (χ1) is 13.2. The third-order valence-corrected chi connectivity index (χ3v) is 4.93. The summed E-state index contributed by atoms with van der Waals surface area (Å²) in [6.45, 7) is 3.69. The summed E-state index contributed by atoms with van der Waals surface area (Å²) in [6.07, 6.45) is 2.33. The van der Waals surface area contributed by atoms with Crippen molar-refractivity contribution in [1.82, 2.24) is 15.6 Å². The zero-order valence-corrected chi connectivity index (χ0v) is 16.2. The first kappa shape index (κ1) is 19.1. The molecule has 2 heterocycles. The Kier molecular flexibility index (Phi) is 6.59. The molecule has 27 heavy (non-hydrogen) atoms. The van der Waals surface area contributed by atoms with Crippen LogP contribution in [0.25, 0.3) is 11.5 Å². The van der Waals surface area contributed by atoms with E-state index in [0.29, 0.717) is 24.8 Å². The molecular weight excluding hydrogens is 363 g/mol. The molecule has 2 N–H and O–H groups in total. The highest BCUT2D eigenvalue weighted by atomic mass is 32.1. The molecule has 0 saturated carbocycles. The van der Waals surface area contributed by atoms with Gasteiger partial charge in [0.1, 0.15) is 12.1 Å². The fourth-order valence-corrected chi connectivity index (χ4v) is 3.38. The SMILES string of the molecule is CN=C(NCCc1coc(-c2ccc(F)cc2)n1)NCC(C)c1ccsc1. The highest BCUT2D eigenvalue weighted by molar-refractivity contribution is 7.07. The van der Waals surface area contributed by atoms with E-state index >= 15 is 0 Å². The van der Waals surface area contributed by atoms with E-state index in [0.717, 1.165) is 23.8 Å². The number of oxazole rings is 1. The van der Waals surface area contributed by atoms with E-state index in [2.05, 4.69) is 44.4 Å². The Morgan fingerprint density at radius 3 is 2.78 bits per heavy atom. The molecule has 5 nitrogen and oxygen atoms in total. The second-order valence-electron chi connectivity index (χ2n) is 6.24. The summed E-state index contributed by atoms with van der Waals surface area (Å²) in [7, 11) is 1.76. The van der Waals surface area contributed by atoms with Crippen LogP contribution in [0.2, 0.25) is 0 Å². The third kappa shape index (κ3) is 5.40. The molecule has 7 heteroatoms. The van der Waals surface area contributed by atoms with Crippen molar-refractivity contribution in [2.45, 2.75) is 19.3 Å². The molecule has 142 valence electrons. The molecule has 0 aliphatic heterocycles. The van der Waals surface area contributed by atoms with Crippen LogP contribution in [0, 0.1) is 5.82 Å². The summed E-state index contributed by atoms with van der Waals surface area (Å²) >= 11 is 1.71. The fourth-order valence-electron chi connectivity index (χ4n) is 2.60. The van der Waals surface area contributed by atoms with Gasteiger partial charge in [-0.1, -0.05) is 6.92 Å². The minimum Gasteiger partial charge on any atom is -0.444 e. The fraction of sp³-hybridized carbons (Fsp3) is 0.300. The molecule has 3 rings (SSSR count). The van der Waals surface area contributed by atoms with Gasteiger partial charge in [-0.05, 0) is 52.6 Å². The normalized spacial score (nSPS) is 12.8. The van der Waals surface area contributed by atoms with Crippen LogP contribution in [-0.2, 0) is 6.42 Å². The van der Waals surface area contributed by atoms with E-state index in [9.17, 15) is 4.39 Å². The van der Waals surface area contributed by atoms with Gasteiger partial charge >= 0.3 is 0 Å². The smallest absolute Gasteiger partial charge is 0.226 e. The Bertz CT molecular complexity index is 859. The molecule has 0 bridgehead atoms. The number of thiophene rings is 1. The summed E-state index contributed by atoms with van der Waals surface area (Å²) in [5, 5.41) is 10.9. The maximum absolute atomic E-state index is 13.0. The number of aromatic nitrogens is 1. The van der Waals surface area contributed by atoms with E-state index in [1.807, 2.05) is 0 Å². The van der Waals surface area contributed by atoms with Gasteiger partial charge in [-0.25, -0.2) is 9.37 Å². The number of rotatable bonds is 7. The Morgan fingerprint density at radius 1 is 1.26 bits per heavy atom. The van der Waals surface area contributed by atoms with Crippen LogP contribution in [0.3, 0.4) is 0 Å². The largest absolute Gasteiger partial charge is 0.444 e. The average Bonchev–Trinajstić information content (AvgIpc) is 3.37. The van der Waals surface area contributed by atoms with E-state index in [1.54, 1.807) is 36.8 Å². The van der Waals surface area contributed by atoms with Crippen LogP contribution in [0.1, 0.15) is 24.1 Å². The van der Waals surface area contributed by atoms with Gasteiger partial charge < -0.3 is 15.1 Å². The molecule has 2 aromatic heterocycles. The Labute approximate surface area is 162 Å². The van der Waals surface area contributed by atoms with Crippen LogP contribution in [-0.4, -0.2) is 31.1 Å². The van der Waals surface area contributed by atoms with Crippen molar-refractivity contribution in [1.29, 1.82) is 0 Å². The van der Waals surface area contributed by atoms with Crippen molar-refractivity contribution in [3.8, 4) is 11.5 Å².